The predicted octanol–water partition coefficient (Wildman–Crippen LogP) is 2.04. The molecule has 0 radical (unpaired) electrons. The second kappa shape index (κ2) is 7.34. The summed E-state index contributed by atoms with van der Waals surface area (Å²) in [6, 6.07) is 11.9. The zero-order chi connectivity index (χ0) is 18.6. The van der Waals surface area contributed by atoms with E-state index in [1.54, 1.807) is 0 Å². The third kappa shape index (κ3) is 3.96. The summed E-state index contributed by atoms with van der Waals surface area (Å²) in [5.74, 6) is -0.379. The molecule has 0 aliphatic rings. The van der Waals surface area contributed by atoms with Gasteiger partial charge in [-0.05, 0) is 30.3 Å². The van der Waals surface area contributed by atoms with E-state index in [2.05, 4.69) is 0 Å². The van der Waals surface area contributed by atoms with Crippen molar-refractivity contribution in [1.82, 2.24) is 4.31 Å². The lowest BCUT2D eigenvalue weighted by Gasteiger charge is -2.12. The third-order valence-corrected chi connectivity index (χ3v) is 5.15. The first-order chi connectivity index (χ1) is 11.8. The van der Waals surface area contributed by atoms with Crippen LogP contribution in [0, 0.1) is 11.3 Å². The summed E-state index contributed by atoms with van der Waals surface area (Å²) in [5.41, 5.74) is 0.435. The lowest BCUT2D eigenvalue weighted by Crippen LogP contribution is -2.22. The summed E-state index contributed by atoms with van der Waals surface area (Å²) in [4.78, 5) is 12.3. The van der Waals surface area contributed by atoms with Crippen LogP contribution in [-0.2, 0) is 10.0 Å². The topological polar surface area (TPSA) is 96.7 Å². The fraction of sp³-hybridized carbons (Fsp3) is 0.176. The largest absolute Gasteiger partial charge is 0.493 e. The molecule has 0 bridgehead atoms. The molecule has 7 nitrogen and oxygen atoms in total. The Kier molecular flexibility index (Phi) is 5.41. The maximum absolute atomic E-state index is 12.3. The van der Waals surface area contributed by atoms with Gasteiger partial charge in [0.15, 0.2) is 11.5 Å². The van der Waals surface area contributed by atoms with Gasteiger partial charge in [-0.25, -0.2) is 17.5 Å². The molecule has 0 aliphatic carbocycles. The number of nitriles is 1. The van der Waals surface area contributed by atoms with Crippen molar-refractivity contribution < 1.29 is 22.7 Å². The third-order valence-electron chi connectivity index (χ3n) is 3.34. The minimum Gasteiger partial charge on any atom is -0.493 e. The fourth-order valence-corrected chi connectivity index (χ4v) is 2.92. The summed E-state index contributed by atoms with van der Waals surface area (Å²) in [5, 5.41) is 8.89. The Morgan fingerprint density at radius 3 is 2.44 bits per heavy atom. The summed E-state index contributed by atoms with van der Waals surface area (Å²) in [6.45, 7) is 0. The maximum Gasteiger partial charge on any atom is 0.343 e. The van der Waals surface area contributed by atoms with Gasteiger partial charge >= 0.3 is 5.97 Å². The quantitative estimate of drug-likeness (QED) is 0.598. The fourth-order valence-electron chi connectivity index (χ4n) is 1.97. The summed E-state index contributed by atoms with van der Waals surface area (Å²) in [6.07, 6.45) is 0. The Morgan fingerprint density at radius 2 is 1.84 bits per heavy atom. The minimum absolute atomic E-state index is 0.0151. The van der Waals surface area contributed by atoms with Crippen molar-refractivity contribution in [3.63, 3.8) is 0 Å². The van der Waals surface area contributed by atoms with Gasteiger partial charge in [0.25, 0.3) is 0 Å². The average molecular weight is 360 g/mol. The van der Waals surface area contributed by atoms with Gasteiger partial charge in [-0.15, -0.1) is 0 Å². The average Bonchev–Trinajstić information content (AvgIpc) is 2.61. The first kappa shape index (κ1) is 18.4. The number of nitrogens with zero attached hydrogens (tertiary/aromatic N) is 2. The lowest BCUT2D eigenvalue weighted by atomic mass is 10.2. The molecule has 0 amide bonds. The molecule has 130 valence electrons. The Balaban J connectivity index is 2.33. The molecular formula is C17H16N2O5S. The monoisotopic (exact) mass is 360 g/mol. The van der Waals surface area contributed by atoms with Crippen LogP contribution in [-0.4, -0.2) is 39.9 Å². The van der Waals surface area contributed by atoms with E-state index in [1.165, 1.54) is 63.7 Å². The van der Waals surface area contributed by atoms with Crippen molar-refractivity contribution in [3.8, 4) is 17.6 Å². The van der Waals surface area contributed by atoms with Crippen molar-refractivity contribution in [2.45, 2.75) is 4.90 Å². The Labute approximate surface area is 146 Å². The van der Waals surface area contributed by atoms with Crippen molar-refractivity contribution in [1.29, 1.82) is 5.26 Å². The second-order valence-corrected chi connectivity index (χ2v) is 7.33. The highest BCUT2D eigenvalue weighted by molar-refractivity contribution is 7.89. The van der Waals surface area contributed by atoms with Crippen LogP contribution in [0.15, 0.2) is 47.4 Å². The standard InChI is InChI=1S/C17H16N2O5S/c1-19(2)25(21,22)14-6-4-5-13(10-14)17(20)24-15-8-7-12(11-18)9-16(15)23-3/h4-10H,1-3H3. The van der Waals surface area contributed by atoms with E-state index < -0.39 is 16.0 Å². The number of ether oxygens (including phenoxy) is 2. The number of carbonyl (C=O) groups excluding carboxylic acids is 1. The van der Waals surface area contributed by atoms with E-state index in [9.17, 15) is 13.2 Å². The van der Waals surface area contributed by atoms with E-state index >= 15 is 0 Å². The Hall–Kier alpha value is -2.89. The number of methoxy groups -OCH3 is 1. The van der Waals surface area contributed by atoms with Crippen molar-refractivity contribution in [2.24, 2.45) is 0 Å². The van der Waals surface area contributed by atoms with Crippen molar-refractivity contribution in [3.05, 3.63) is 53.6 Å². The summed E-state index contributed by atoms with van der Waals surface area (Å²) < 4.78 is 35.7. The van der Waals surface area contributed by atoms with Gasteiger partial charge in [-0.2, -0.15) is 5.26 Å². The highest BCUT2D eigenvalue weighted by Crippen LogP contribution is 2.28. The van der Waals surface area contributed by atoms with Crippen LogP contribution in [0.5, 0.6) is 11.5 Å². The SMILES string of the molecule is COc1cc(C#N)ccc1OC(=O)c1cccc(S(=O)(=O)N(C)C)c1. The van der Waals surface area contributed by atoms with Gasteiger partial charge in [0.2, 0.25) is 10.0 Å². The Bertz CT molecular complexity index is 946. The zero-order valence-corrected chi connectivity index (χ0v) is 14.7. The molecule has 0 fully saturated rings. The number of hydrogen-bond donors (Lipinski definition) is 0. The number of sulfonamides is 1. The molecule has 0 saturated heterocycles. The molecule has 0 saturated carbocycles. The molecule has 0 spiro atoms. The molecule has 0 aromatic heterocycles. The smallest absolute Gasteiger partial charge is 0.343 e. The molecule has 25 heavy (non-hydrogen) atoms. The van der Waals surface area contributed by atoms with Crippen molar-refractivity contribution >= 4 is 16.0 Å². The molecule has 0 atom stereocenters. The first-order valence-electron chi connectivity index (χ1n) is 7.12. The molecule has 0 aliphatic heterocycles. The van der Waals surface area contributed by atoms with Gasteiger partial charge in [0.1, 0.15) is 0 Å². The van der Waals surface area contributed by atoms with E-state index in [0.29, 0.717) is 5.56 Å². The van der Waals surface area contributed by atoms with E-state index in [4.69, 9.17) is 14.7 Å². The molecule has 0 N–H and O–H groups in total. The molecule has 2 aromatic rings. The molecule has 0 heterocycles. The van der Waals surface area contributed by atoms with Gasteiger partial charge in [-0.1, -0.05) is 6.07 Å². The molecule has 8 heteroatoms. The van der Waals surface area contributed by atoms with Crippen LogP contribution in [0.1, 0.15) is 15.9 Å². The van der Waals surface area contributed by atoms with Gasteiger partial charge < -0.3 is 9.47 Å². The van der Waals surface area contributed by atoms with E-state index in [0.717, 1.165) is 4.31 Å². The zero-order valence-electron chi connectivity index (χ0n) is 13.9. The second-order valence-electron chi connectivity index (χ2n) is 5.18. The maximum atomic E-state index is 12.3. The van der Waals surface area contributed by atoms with Gasteiger partial charge in [0, 0.05) is 20.2 Å². The number of esters is 1. The van der Waals surface area contributed by atoms with Crippen LogP contribution in [0.2, 0.25) is 0 Å². The number of rotatable bonds is 5. The highest BCUT2D eigenvalue weighted by atomic mass is 32.2. The normalized spacial score (nSPS) is 11.0. The number of benzene rings is 2. The predicted molar refractivity (Wildman–Crippen MR) is 90.0 cm³/mol. The number of hydrogen-bond acceptors (Lipinski definition) is 6. The van der Waals surface area contributed by atoms with Crippen LogP contribution in [0.4, 0.5) is 0 Å². The summed E-state index contributed by atoms with van der Waals surface area (Å²) in [7, 11) is 0.534. The minimum atomic E-state index is -3.66. The van der Waals surface area contributed by atoms with E-state index in [1.807, 2.05) is 6.07 Å². The van der Waals surface area contributed by atoms with Crippen LogP contribution in [0.25, 0.3) is 0 Å². The molecule has 2 rings (SSSR count). The Morgan fingerprint density at radius 1 is 1.12 bits per heavy atom. The van der Waals surface area contributed by atoms with Crippen LogP contribution >= 0.6 is 0 Å². The molecular weight excluding hydrogens is 344 g/mol. The van der Waals surface area contributed by atoms with Crippen LogP contribution < -0.4 is 9.47 Å². The first-order valence-corrected chi connectivity index (χ1v) is 8.56. The molecule has 0 unspecified atom stereocenters. The molecule has 2 aromatic carbocycles. The summed E-state index contributed by atoms with van der Waals surface area (Å²) >= 11 is 0. The van der Waals surface area contributed by atoms with Gasteiger partial charge in [0.05, 0.1) is 29.2 Å². The lowest BCUT2D eigenvalue weighted by molar-refractivity contribution is 0.0729. The van der Waals surface area contributed by atoms with Crippen molar-refractivity contribution in [2.75, 3.05) is 21.2 Å². The van der Waals surface area contributed by atoms with Gasteiger partial charge in [-0.3, -0.25) is 0 Å². The van der Waals surface area contributed by atoms with E-state index in [-0.39, 0.29) is 22.0 Å². The van der Waals surface area contributed by atoms with Crippen LogP contribution in [0.3, 0.4) is 0 Å². The number of carbonyl (C=O) groups is 1. The highest BCUT2D eigenvalue weighted by Gasteiger charge is 2.20.